The monoisotopic (exact) mass is 347 g/mol. The molecule has 1 aromatic carbocycles. The van der Waals surface area contributed by atoms with Gasteiger partial charge in [0.1, 0.15) is 5.82 Å². The van der Waals surface area contributed by atoms with Gasteiger partial charge >= 0.3 is 0 Å². The highest BCUT2D eigenvalue weighted by atomic mass is 16.1. The molecule has 6 nitrogen and oxygen atoms in total. The number of nitrogens with zero attached hydrogens (tertiary/aromatic N) is 4. The second-order valence-corrected chi connectivity index (χ2v) is 6.73. The van der Waals surface area contributed by atoms with E-state index in [-0.39, 0.29) is 11.9 Å². The SMILES string of the molecule is Cc1cccc(Cn2nc(Cc3cccnc3)nc2C2CCC(=O)N2)c1. The van der Waals surface area contributed by atoms with Crippen molar-refractivity contribution in [3.05, 3.63) is 77.1 Å². The lowest BCUT2D eigenvalue weighted by Crippen LogP contribution is -2.22. The Labute approximate surface area is 152 Å². The molecule has 6 heteroatoms. The first-order valence-corrected chi connectivity index (χ1v) is 8.85. The van der Waals surface area contributed by atoms with Gasteiger partial charge in [-0.15, -0.1) is 0 Å². The first kappa shape index (κ1) is 16.4. The molecule has 4 rings (SSSR count). The third-order valence-corrected chi connectivity index (χ3v) is 4.55. The summed E-state index contributed by atoms with van der Waals surface area (Å²) in [4.78, 5) is 20.6. The van der Waals surface area contributed by atoms with E-state index in [1.807, 2.05) is 23.0 Å². The van der Waals surface area contributed by atoms with E-state index in [1.165, 1.54) is 11.1 Å². The lowest BCUT2D eigenvalue weighted by atomic mass is 10.1. The lowest BCUT2D eigenvalue weighted by Gasteiger charge is -2.11. The van der Waals surface area contributed by atoms with Crippen LogP contribution in [0.2, 0.25) is 0 Å². The van der Waals surface area contributed by atoms with Gasteiger partial charge in [-0.2, -0.15) is 5.10 Å². The molecule has 1 unspecified atom stereocenters. The van der Waals surface area contributed by atoms with E-state index in [0.29, 0.717) is 19.4 Å². The molecule has 3 aromatic rings. The Hall–Kier alpha value is -3.02. The van der Waals surface area contributed by atoms with Crippen molar-refractivity contribution < 1.29 is 4.79 Å². The van der Waals surface area contributed by atoms with E-state index in [0.717, 1.165) is 23.6 Å². The fourth-order valence-electron chi connectivity index (χ4n) is 3.33. The number of aromatic nitrogens is 4. The number of hydrogen-bond acceptors (Lipinski definition) is 4. The van der Waals surface area contributed by atoms with Crippen molar-refractivity contribution in [2.75, 3.05) is 0 Å². The van der Waals surface area contributed by atoms with Crippen molar-refractivity contribution >= 4 is 5.91 Å². The zero-order valence-electron chi connectivity index (χ0n) is 14.7. The van der Waals surface area contributed by atoms with Crippen LogP contribution in [0, 0.1) is 6.92 Å². The van der Waals surface area contributed by atoms with Crippen LogP contribution in [0.5, 0.6) is 0 Å². The fraction of sp³-hybridized carbons (Fsp3) is 0.300. The molecule has 0 spiro atoms. The summed E-state index contributed by atoms with van der Waals surface area (Å²) >= 11 is 0. The minimum atomic E-state index is -0.0672. The molecule has 0 aliphatic carbocycles. The smallest absolute Gasteiger partial charge is 0.220 e. The predicted molar refractivity (Wildman–Crippen MR) is 97.5 cm³/mol. The standard InChI is InChI=1S/C20H21N5O/c1-14-4-2-5-16(10-14)13-25-20(17-7-8-19(26)22-17)23-18(24-25)11-15-6-3-9-21-12-15/h2-6,9-10,12,17H,7-8,11,13H2,1H3,(H,22,26). The van der Waals surface area contributed by atoms with Gasteiger partial charge in [-0.3, -0.25) is 9.78 Å². The van der Waals surface area contributed by atoms with Crippen LogP contribution in [0.4, 0.5) is 0 Å². The van der Waals surface area contributed by atoms with E-state index in [2.05, 4.69) is 41.5 Å². The maximum absolute atomic E-state index is 11.7. The Morgan fingerprint density at radius 1 is 1.23 bits per heavy atom. The third-order valence-electron chi connectivity index (χ3n) is 4.55. The molecule has 0 saturated carbocycles. The van der Waals surface area contributed by atoms with E-state index in [4.69, 9.17) is 10.1 Å². The Balaban J connectivity index is 1.64. The number of nitrogens with one attached hydrogen (secondary N) is 1. The zero-order chi connectivity index (χ0) is 17.9. The van der Waals surface area contributed by atoms with Gasteiger partial charge in [-0.1, -0.05) is 35.9 Å². The first-order chi connectivity index (χ1) is 12.7. The van der Waals surface area contributed by atoms with E-state index in [9.17, 15) is 4.79 Å². The van der Waals surface area contributed by atoms with Crippen LogP contribution in [-0.2, 0) is 17.8 Å². The number of benzene rings is 1. The van der Waals surface area contributed by atoms with Crippen LogP contribution in [0.1, 0.15) is 47.2 Å². The number of carbonyl (C=O) groups is 1. The van der Waals surface area contributed by atoms with Crippen LogP contribution in [0.25, 0.3) is 0 Å². The maximum Gasteiger partial charge on any atom is 0.220 e. The Kier molecular flexibility index (Phi) is 4.48. The fourth-order valence-corrected chi connectivity index (χ4v) is 3.33. The van der Waals surface area contributed by atoms with Gasteiger partial charge in [0.25, 0.3) is 0 Å². The summed E-state index contributed by atoms with van der Waals surface area (Å²) in [6.45, 7) is 2.72. The van der Waals surface area contributed by atoms with Gasteiger partial charge in [-0.05, 0) is 30.5 Å². The quantitative estimate of drug-likeness (QED) is 0.770. The van der Waals surface area contributed by atoms with Crippen molar-refractivity contribution in [1.82, 2.24) is 25.1 Å². The summed E-state index contributed by atoms with van der Waals surface area (Å²) in [6, 6.07) is 12.2. The number of pyridine rings is 1. The highest BCUT2D eigenvalue weighted by Gasteiger charge is 2.27. The Morgan fingerprint density at radius 2 is 2.12 bits per heavy atom. The molecular weight excluding hydrogens is 326 g/mol. The normalized spacial score (nSPS) is 16.7. The third kappa shape index (κ3) is 3.64. The van der Waals surface area contributed by atoms with E-state index >= 15 is 0 Å². The lowest BCUT2D eigenvalue weighted by molar-refractivity contribution is -0.119. The largest absolute Gasteiger partial charge is 0.346 e. The molecule has 1 amide bonds. The average Bonchev–Trinajstić information content (AvgIpc) is 3.22. The number of hydrogen-bond donors (Lipinski definition) is 1. The summed E-state index contributed by atoms with van der Waals surface area (Å²) in [6.07, 6.45) is 5.52. The number of rotatable bonds is 5. The van der Waals surface area contributed by atoms with Gasteiger partial charge in [0.2, 0.25) is 5.91 Å². The molecule has 2 aromatic heterocycles. The highest BCUT2D eigenvalue weighted by Crippen LogP contribution is 2.23. The van der Waals surface area contributed by atoms with Crippen molar-refractivity contribution in [2.45, 2.75) is 38.8 Å². The topological polar surface area (TPSA) is 72.7 Å². The van der Waals surface area contributed by atoms with E-state index in [1.54, 1.807) is 6.20 Å². The molecule has 1 atom stereocenters. The molecule has 26 heavy (non-hydrogen) atoms. The molecule has 132 valence electrons. The number of amides is 1. The van der Waals surface area contributed by atoms with Crippen molar-refractivity contribution in [2.24, 2.45) is 0 Å². The maximum atomic E-state index is 11.7. The van der Waals surface area contributed by atoms with Crippen LogP contribution in [0.3, 0.4) is 0 Å². The first-order valence-electron chi connectivity index (χ1n) is 8.85. The highest BCUT2D eigenvalue weighted by molar-refractivity contribution is 5.78. The molecular formula is C20H21N5O. The van der Waals surface area contributed by atoms with Gasteiger partial charge in [0.05, 0.1) is 12.6 Å². The van der Waals surface area contributed by atoms with Gasteiger partial charge in [-0.25, -0.2) is 9.67 Å². The summed E-state index contributed by atoms with van der Waals surface area (Å²) < 4.78 is 1.93. The molecule has 0 bridgehead atoms. The Morgan fingerprint density at radius 3 is 2.85 bits per heavy atom. The molecule has 1 aliphatic heterocycles. The number of carbonyl (C=O) groups excluding carboxylic acids is 1. The second kappa shape index (κ2) is 7.07. The molecule has 1 aliphatic rings. The molecule has 1 fully saturated rings. The minimum Gasteiger partial charge on any atom is -0.346 e. The molecule has 1 saturated heterocycles. The summed E-state index contributed by atoms with van der Waals surface area (Å²) in [7, 11) is 0. The van der Waals surface area contributed by atoms with Gasteiger partial charge in [0, 0.05) is 25.2 Å². The van der Waals surface area contributed by atoms with Crippen LogP contribution < -0.4 is 5.32 Å². The average molecular weight is 347 g/mol. The van der Waals surface area contributed by atoms with E-state index < -0.39 is 0 Å². The molecule has 3 heterocycles. The second-order valence-electron chi connectivity index (χ2n) is 6.73. The zero-order valence-corrected chi connectivity index (χ0v) is 14.7. The van der Waals surface area contributed by atoms with Gasteiger partial charge in [0.15, 0.2) is 5.82 Å². The van der Waals surface area contributed by atoms with Crippen LogP contribution in [0.15, 0.2) is 48.8 Å². The summed E-state index contributed by atoms with van der Waals surface area (Å²) in [5.74, 6) is 1.66. The van der Waals surface area contributed by atoms with Gasteiger partial charge < -0.3 is 5.32 Å². The van der Waals surface area contributed by atoms with Crippen molar-refractivity contribution in [3.63, 3.8) is 0 Å². The molecule has 0 radical (unpaired) electrons. The molecule has 1 N–H and O–H groups in total. The number of aryl methyl sites for hydroxylation is 1. The Bertz CT molecular complexity index is 919. The summed E-state index contributed by atoms with van der Waals surface area (Å²) in [5, 5.41) is 7.74. The summed E-state index contributed by atoms with van der Waals surface area (Å²) in [5.41, 5.74) is 3.46. The minimum absolute atomic E-state index is 0.0672. The van der Waals surface area contributed by atoms with Crippen LogP contribution >= 0.6 is 0 Å². The van der Waals surface area contributed by atoms with Crippen molar-refractivity contribution in [3.8, 4) is 0 Å². The predicted octanol–water partition coefficient (Wildman–Crippen LogP) is 2.57. The van der Waals surface area contributed by atoms with Crippen molar-refractivity contribution in [1.29, 1.82) is 0 Å². The van der Waals surface area contributed by atoms with Crippen LogP contribution in [-0.4, -0.2) is 25.7 Å².